The van der Waals surface area contributed by atoms with E-state index < -0.39 is 0 Å². The number of halogens is 2. The Balaban J connectivity index is 1.96. The van der Waals surface area contributed by atoms with Gasteiger partial charge in [-0.05, 0) is 43.2 Å². The van der Waals surface area contributed by atoms with Gasteiger partial charge in [0.15, 0.2) is 0 Å². The topological polar surface area (TPSA) is 50.4 Å². The monoisotopic (exact) mass is 366 g/mol. The quantitative estimate of drug-likeness (QED) is 0.785. The number of amides is 1. The Bertz CT molecular complexity index is 718. The van der Waals surface area contributed by atoms with E-state index in [1.165, 1.54) is 0 Å². The summed E-state index contributed by atoms with van der Waals surface area (Å²) in [6, 6.07) is 10.9. The molecule has 0 heterocycles. The zero-order valence-electron chi connectivity index (χ0n) is 13.8. The third-order valence-electron chi connectivity index (χ3n) is 3.67. The van der Waals surface area contributed by atoms with Gasteiger partial charge >= 0.3 is 0 Å². The Kier molecular flexibility index (Phi) is 6.35. The third-order valence-corrected chi connectivity index (χ3v) is 4.33. The summed E-state index contributed by atoms with van der Waals surface area (Å²) < 4.78 is 5.28. The summed E-state index contributed by atoms with van der Waals surface area (Å²) in [7, 11) is 1.56. The fraction of sp³-hybridized carbons (Fsp3) is 0.278. The molecule has 24 heavy (non-hydrogen) atoms. The molecule has 2 aromatic rings. The van der Waals surface area contributed by atoms with Crippen LogP contribution in [0.3, 0.4) is 0 Å². The standard InChI is InChI=1S/C18H20Cl2N2O2/c1-11-8-16(17(24-3)9-15(11)20)21-10-18(23)22-12(2)13-4-6-14(19)7-5-13/h4-9,12,21H,10H2,1-3H3,(H,22,23)/t12-/m1/s1. The fourth-order valence-electron chi connectivity index (χ4n) is 2.27. The summed E-state index contributed by atoms with van der Waals surface area (Å²) in [6.07, 6.45) is 0. The van der Waals surface area contributed by atoms with Gasteiger partial charge in [-0.15, -0.1) is 0 Å². The Hall–Kier alpha value is -1.91. The predicted octanol–water partition coefficient (Wildman–Crippen LogP) is 4.60. The molecule has 0 spiro atoms. The highest BCUT2D eigenvalue weighted by Gasteiger charge is 2.11. The van der Waals surface area contributed by atoms with Crippen molar-refractivity contribution in [2.75, 3.05) is 19.0 Å². The SMILES string of the molecule is COc1cc(Cl)c(C)cc1NCC(=O)N[C@H](C)c1ccc(Cl)cc1. The van der Waals surface area contributed by atoms with Crippen LogP contribution in [0.5, 0.6) is 5.75 Å². The van der Waals surface area contributed by atoms with Crippen LogP contribution in [0.2, 0.25) is 10.0 Å². The number of hydrogen-bond donors (Lipinski definition) is 2. The van der Waals surface area contributed by atoms with Crippen LogP contribution in [0.4, 0.5) is 5.69 Å². The first-order chi connectivity index (χ1) is 11.4. The molecule has 0 fully saturated rings. The Labute approximate surface area is 152 Å². The Morgan fingerprint density at radius 2 is 1.88 bits per heavy atom. The van der Waals surface area contributed by atoms with Crippen LogP contribution < -0.4 is 15.4 Å². The van der Waals surface area contributed by atoms with Crippen molar-refractivity contribution in [2.24, 2.45) is 0 Å². The highest BCUT2D eigenvalue weighted by Crippen LogP contribution is 2.30. The van der Waals surface area contributed by atoms with Crippen molar-refractivity contribution >= 4 is 34.8 Å². The van der Waals surface area contributed by atoms with E-state index in [2.05, 4.69) is 10.6 Å². The number of ether oxygens (including phenoxy) is 1. The number of hydrogen-bond acceptors (Lipinski definition) is 3. The molecule has 0 saturated heterocycles. The van der Waals surface area contributed by atoms with Crippen LogP contribution >= 0.6 is 23.2 Å². The maximum atomic E-state index is 12.2. The van der Waals surface area contributed by atoms with Crippen LogP contribution in [-0.2, 0) is 4.79 Å². The summed E-state index contributed by atoms with van der Waals surface area (Å²) in [5.41, 5.74) is 2.64. The average molecular weight is 367 g/mol. The number of nitrogens with one attached hydrogen (secondary N) is 2. The second-order valence-electron chi connectivity index (χ2n) is 5.50. The number of benzene rings is 2. The zero-order valence-corrected chi connectivity index (χ0v) is 15.3. The van der Waals surface area contributed by atoms with E-state index >= 15 is 0 Å². The maximum Gasteiger partial charge on any atom is 0.239 e. The minimum absolute atomic E-state index is 0.106. The van der Waals surface area contributed by atoms with Gasteiger partial charge in [0, 0.05) is 16.1 Å². The van der Waals surface area contributed by atoms with Gasteiger partial charge in [0.25, 0.3) is 0 Å². The summed E-state index contributed by atoms with van der Waals surface area (Å²) in [5.74, 6) is 0.483. The van der Waals surface area contributed by atoms with Crippen LogP contribution in [0, 0.1) is 6.92 Å². The van der Waals surface area contributed by atoms with Gasteiger partial charge in [0.2, 0.25) is 5.91 Å². The molecule has 2 rings (SSSR count). The molecule has 4 nitrogen and oxygen atoms in total. The first-order valence-corrected chi connectivity index (χ1v) is 8.29. The lowest BCUT2D eigenvalue weighted by Gasteiger charge is -2.16. The van der Waals surface area contributed by atoms with Crippen molar-refractivity contribution in [1.82, 2.24) is 5.32 Å². The van der Waals surface area contributed by atoms with Crippen molar-refractivity contribution < 1.29 is 9.53 Å². The van der Waals surface area contributed by atoms with E-state index in [9.17, 15) is 4.79 Å². The molecule has 0 aliphatic rings. The largest absolute Gasteiger partial charge is 0.495 e. The smallest absolute Gasteiger partial charge is 0.239 e. The van der Waals surface area contributed by atoms with Gasteiger partial charge < -0.3 is 15.4 Å². The molecule has 0 unspecified atom stereocenters. The molecule has 128 valence electrons. The molecule has 0 aliphatic heterocycles. The summed E-state index contributed by atoms with van der Waals surface area (Å²) >= 11 is 12.0. The van der Waals surface area contributed by atoms with E-state index in [-0.39, 0.29) is 18.5 Å². The molecule has 0 aliphatic carbocycles. The van der Waals surface area contributed by atoms with Crippen LogP contribution in [0.1, 0.15) is 24.1 Å². The number of rotatable bonds is 6. The van der Waals surface area contributed by atoms with Crippen molar-refractivity contribution in [1.29, 1.82) is 0 Å². The number of methoxy groups -OCH3 is 1. The second-order valence-corrected chi connectivity index (χ2v) is 6.34. The number of carbonyl (C=O) groups is 1. The molecule has 2 N–H and O–H groups in total. The van der Waals surface area contributed by atoms with Gasteiger partial charge in [0.05, 0.1) is 25.4 Å². The van der Waals surface area contributed by atoms with E-state index in [1.54, 1.807) is 25.3 Å². The predicted molar refractivity (Wildman–Crippen MR) is 99.2 cm³/mol. The average Bonchev–Trinajstić information content (AvgIpc) is 2.56. The van der Waals surface area contributed by atoms with E-state index in [1.807, 2.05) is 32.0 Å². The number of carbonyl (C=O) groups excluding carboxylic acids is 1. The molecule has 0 radical (unpaired) electrons. The van der Waals surface area contributed by atoms with Crippen molar-refractivity contribution in [2.45, 2.75) is 19.9 Å². The normalized spacial score (nSPS) is 11.7. The summed E-state index contributed by atoms with van der Waals surface area (Å²) in [4.78, 5) is 12.2. The van der Waals surface area contributed by atoms with E-state index in [0.29, 0.717) is 15.8 Å². The molecular weight excluding hydrogens is 347 g/mol. The Morgan fingerprint density at radius 1 is 1.21 bits per heavy atom. The van der Waals surface area contributed by atoms with Gasteiger partial charge in [-0.2, -0.15) is 0 Å². The molecule has 2 aromatic carbocycles. The van der Waals surface area contributed by atoms with Crippen LogP contribution in [-0.4, -0.2) is 19.6 Å². The van der Waals surface area contributed by atoms with E-state index in [4.69, 9.17) is 27.9 Å². The lowest BCUT2D eigenvalue weighted by molar-refractivity contribution is -0.120. The first kappa shape index (κ1) is 18.4. The minimum Gasteiger partial charge on any atom is -0.495 e. The van der Waals surface area contributed by atoms with E-state index in [0.717, 1.165) is 16.8 Å². The lowest BCUT2D eigenvalue weighted by atomic mass is 10.1. The Morgan fingerprint density at radius 3 is 2.50 bits per heavy atom. The highest BCUT2D eigenvalue weighted by molar-refractivity contribution is 6.31. The lowest BCUT2D eigenvalue weighted by Crippen LogP contribution is -2.32. The molecule has 1 atom stereocenters. The molecule has 0 bridgehead atoms. The molecule has 6 heteroatoms. The van der Waals surface area contributed by atoms with Gasteiger partial charge in [-0.1, -0.05) is 35.3 Å². The van der Waals surface area contributed by atoms with Gasteiger partial charge in [-0.3, -0.25) is 4.79 Å². The van der Waals surface area contributed by atoms with Crippen molar-refractivity contribution in [3.05, 3.63) is 57.6 Å². The molecular formula is C18H20Cl2N2O2. The number of anilines is 1. The highest BCUT2D eigenvalue weighted by atomic mass is 35.5. The van der Waals surface area contributed by atoms with Gasteiger partial charge in [0.1, 0.15) is 5.75 Å². The first-order valence-electron chi connectivity index (χ1n) is 7.53. The number of aryl methyl sites for hydroxylation is 1. The second kappa shape index (κ2) is 8.27. The maximum absolute atomic E-state index is 12.2. The van der Waals surface area contributed by atoms with Crippen LogP contribution in [0.15, 0.2) is 36.4 Å². The van der Waals surface area contributed by atoms with Crippen LogP contribution in [0.25, 0.3) is 0 Å². The summed E-state index contributed by atoms with van der Waals surface area (Å²) in [6.45, 7) is 3.96. The van der Waals surface area contributed by atoms with Crippen molar-refractivity contribution in [3.8, 4) is 5.75 Å². The summed E-state index contributed by atoms with van der Waals surface area (Å²) in [5, 5.41) is 7.31. The van der Waals surface area contributed by atoms with Crippen molar-refractivity contribution in [3.63, 3.8) is 0 Å². The minimum atomic E-state index is -0.118. The fourth-order valence-corrected chi connectivity index (χ4v) is 2.55. The molecule has 0 aromatic heterocycles. The third kappa shape index (κ3) is 4.79. The zero-order chi connectivity index (χ0) is 17.7. The molecule has 1 amide bonds. The molecule has 0 saturated carbocycles. The van der Waals surface area contributed by atoms with Gasteiger partial charge in [-0.25, -0.2) is 0 Å².